The van der Waals surface area contributed by atoms with Gasteiger partial charge in [0.15, 0.2) is 0 Å². The van der Waals surface area contributed by atoms with Crippen LogP contribution in [0.15, 0.2) is 24.3 Å². The fourth-order valence-corrected chi connectivity index (χ4v) is 1.40. The van der Waals surface area contributed by atoms with Gasteiger partial charge >= 0.3 is 12.1 Å². The molecule has 0 radical (unpaired) electrons. The summed E-state index contributed by atoms with van der Waals surface area (Å²) in [7, 11) is 0. The SMILES string of the molecule is Cc1ccc(C=CC(=O)O)cc1NC(=O)OC(C)C. The van der Waals surface area contributed by atoms with Crippen LogP contribution in [0.3, 0.4) is 0 Å². The second kappa shape index (κ2) is 6.58. The van der Waals surface area contributed by atoms with Crippen LogP contribution in [0, 0.1) is 6.92 Å². The van der Waals surface area contributed by atoms with E-state index < -0.39 is 12.1 Å². The Hall–Kier alpha value is -2.30. The van der Waals surface area contributed by atoms with Crippen LogP contribution >= 0.6 is 0 Å². The number of carboxylic acids is 1. The van der Waals surface area contributed by atoms with Crippen LogP contribution in [-0.2, 0) is 9.53 Å². The van der Waals surface area contributed by atoms with E-state index in [1.807, 2.05) is 6.92 Å². The summed E-state index contributed by atoms with van der Waals surface area (Å²) in [6.45, 7) is 5.37. The van der Waals surface area contributed by atoms with Gasteiger partial charge in [-0.1, -0.05) is 12.1 Å². The number of aliphatic carboxylic acids is 1. The molecule has 0 atom stereocenters. The van der Waals surface area contributed by atoms with Gasteiger partial charge in [0, 0.05) is 11.8 Å². The topological polar surface area (TPSA) is 75.6 Å². The number of benzene rings is 1. The van der Waals surface area contributed by atoms with Crippen molar-refractivity contribution in [3.05, 3.63) is 35.4 Å². The van der Waals surface area contributed by atoms with Crippen molar-refractivity contribution >= 4 is 23.8 Å². The summed E-state index contributed by atoms with van der Waals surface area (Å²) in [5.41, 5.74) is 2.15. The number of aryl methyl sites for hydroxylation is 1. The molecule has 0 aromatic heterocycles. The van der Waals surface area contributed by atoms with E-state index in [0.717, 1.165) is 11.6 Å². The molecule has 0 saturated carbocycles. The van der Waals surface area contributed by atoms with Crippen molar-refractivity contribution in [3.63, 3.8) is 0 Å². The maximum Gasteiger partial charge on any atom is 0.411 e. The Morgan fingerprint density at radius 2 is 2.05 bits per heavy atom. The molecule has 1 rings (SSSR count). The van der Waals surface area contributed by atoms with Gasteiger partial charge < -0.3 is 9.84 Å². The molecule has 0 spiro atoms. The minimum Gasteiger partial charge on any atom is -0.478 e. The number of rotatable bonds is 4. The van der Waals surface area contributed by atoms with Crippen molar-refractivity contribution in [1.82, 2.24) is 0 Å². The van der Waals surface area contributed by atoms with Gasteiger partial charge in [-0.2, -0.15) is 0 Å². The van der Waals surface area contributed by atoms with E-state index >= 15 is 0 Å². The van der Waals surface area contributed by atoms with Crippen molar-refractivity contribution in [1.29, 1.82) is 0 Å². The zero-order chi connectivity index (χ0) is 14.4. The number of amides is 1. The molecule has 0 aliphatic heterocycles. The van der Waals surface area contributed by atoms with Crippen LogP contribution in [0.5, 0.6) is 0 Å². The first kappa shape index (κ1) is 14.8. The molecular weight excluding hydrogens is 246 g/mol. The lowest BCUT2D eigenvalue weighted by Gasteiger charge is -2.11. The van der Waals surface area contributed by atoms with Crippen LogP contribution in [0.25, 0.3) is 6.08 Å². The van der Waals surface area contributed by atoms with Gasteiger partial charge in [-0.3, -0.25) is 5.32 Å². The maximum absolute atomic E-state index is 11.5. The number of anilines is 1. The average molecular weight is 263 g/mol. The van der Waals surface area contributed by atoms with E-state index in [4.69, 9.17) is 9.84 Å². The van der Waals surface area contributed by atoms with Gasteiger partial charge in [0.25, 0.3) is 0 Å². The minimum absolute atomic E-state index is 0.199. The lowest BCUT2D eigenvalue weighted by molar-refractivity contribution is -0.131. The van der Waals surface area contributed by atoms with Gasteiger partial charge in [0.2, 0.25) is 0 Å². The molecular formula is C14H17NO4. The number of hydrogen-bond acceptors (Lipinski definition) is 3. The van der Waals surface area contributed by atoms with Crippen LogP contribution in [-0.4, -0.2) is 23.3 Å². The van der Waals surface area contributed by atoms with E-state index in [2.05, 4.69) is 5.32 Å². The number of nitrogens with one attached hydrogen (secondary N) is 1. The quantitative estimate of drug-likeness (QED) is 0.818. The van der Waals surface area contributed by atoms with Crippen LogP contribution < -0.4 is 5.32 Å². The molecule has 0 aliphatic carbocycles. The molecule has 0 unspecified atom stereocenters. The highest BCUT2D eigenvalue weighted by Crippen LogP contribution is 2.18. The summed E-state index contributed by atoms with van der Waals surface area (Å²) in [5.74, 6) is -1.02. The molecule has 19 heavy (non-hydrogen) atoms. The number of hydrogen-bond donors (Lipinski definition) is 2. The lowest BCUT2D eigenvalue weighted by atomic mass is 10.1. The van der Waals surface area contributed by atoms with E-state index in [1.54, 1.807) is 32.0 Å². The molecule has 0 saturated heterocycles. The Labute approximate surface area is 111 Å². The van der Waals surface area contributed by atoms with Crippen molar-refractivity contribution in [3.8, 4) is 0 Å². The first-order valence-electron chi connectivity index (χ1n) is 5.88. The van der Waals surface area contributed by atoms with Gasteiger partial charge in [-0.25, -0.2) is 9.59 Å². The molecule has 0 heterocycles. The number of carboxylic acid groups (broad SMARTS) is 1. The lowest BCUT2D eigenvalue weighted by Crippen LogP contribution is -2.18. The Morgan fingerprint density at radius 1 is 1.37 bits per heavy atom. The van der Waals surface area contributed by atoms with Gasteiger partial charge in [0.1, 0.15) is 0 Å². The fourth-order valence-electron chi connectivity index (χ4n) is 1.40. The van der Waals surface area contributed by atoms with Crippen LogP contribution in [0.4, 0.5) is 10.5 Å². The summed E-state index contributed by atoms with van der Waals surface area (Å²) in [6.07, 6.45) is 1.77. The zero-order valence-electron chi connectivity index (χ0n) is 11.1. The highest BCUT2D eigenvalue weighted by Gasteiger charge is 2.07. The summed E-state index contributed by atoms with van der Waals surface area (Å²) in [5, 5.41) is 11.2. The molecule has 0 bridgehead atoms. The standard InChI is InChI=1S/C14H17NO4/c1-9(2)19-14(18)15-12-8-11(5-4-10(12)3)6-7-13(16)17/h4-9H,1-3H3,(H,15,18)(H,16,17). The first-order chi connectivity index (χ1) is 8.88. The third-order valence-corrected chi connectivity index (χ3v) is 2.26. The van der Waals surface area contributed by atoms with E-state index in [-0.39, 0.29) is 6.10 Å². The van der Waals surface area contributed by atoms with Gasteiger partial charge in [-0.05, 0) is 44.0 Å². The Bertz CT molecular complexity index is 506. The first-order valence-corrected chi connectivity index (χ1v) is 5.88. The van der Waals surface area contributed by atoms with Crippen LogP contribution in [0.1, 0.15) is 25.0 Å². The summed E-state index contributed by atoms with van der Waals surface area (Å²) >= 11 is 0. The smallest absolute Gasteiger partial charge is 0.411 e. The zero-order valence-corrected chi connectivity index (χ0v) is 11.1. The third-order valence-electron chi connectivity index (χ3n) is 2.26. The van der Waals surface area contributed by atoms with E-state index in [1.165, 1.54) is 6.08 Å². The van der Waals surface area contributed by atoms with Gasteiger partial charge in [-0.15, -0.1) is 0 Å². The molecule has 2 N–H and O–H groups in total. The van der Waals surface area contributed by atoms with Gasteiger partial charge in [0.05, 0.1) is 6.10 Å². The maximum atomic E-state index is 11.5. The Kier molecular flexibility index (Phi) is 5.11. The highest BCUT2D eigenvalue weighted by atomic mass is 16.6. The second-order valence-corrected chi connectivity index (χ2v) is 4.32. The summed E-state index contributed by atoms with van der Waals surface area (Å²) < 4.78 is 4.99. The van der Waals surface area contributed by atoms with E-state index in [9.17, 15) is 9.59 Å². The molecule has 0 fully saturated rings. The van der Waals surface area contributed by atoms with E-state index in [0.29, 0.717) is 11.3 Å². The third kappa shape index (κ3) is 5.25. The highest BCUT2D eigenvalue weighted by molar-refractivity contribution is 5.88. The fraction of sp³-hybridized carbons (Fsp3) is 0.286. The van der Waals surface area contributed by atoms with Crippen molar-refractivity contribution < 1.29 is 19.4 Å². The average Bonchev–Trinajstić information content (AvgIpc) is 2.29. The largest absolute Gasteiger partial charge is 0.478 e. The summed E-state index contributed by atoms with van der Waals surface area (Å²) in [4.78, 5) is 22.0. The number of ether oxygens (including phenoxy) is 1. The molecule has 0 aliphatic rings. The summed E-state index contributed by atoms with van der Waals surface area (Å²) in [6, 6.07) is 5.26. The molecule has 5 heteroatoms. The number of carbonyl (C=O) groups is 2. The minimum atomic E-state index is -1.02. The normalized spacial score (nSPS) is 10.7. The Morgan fingerprint density at radius 3 is 2.63 bits per heavy atom. The van der Waals surface area contributed by atoms with Crippen LogP contribution in [0.2, 0.25) is 0 Å². The molecule has 1 aromatic rings. The molecule has 5 nitrogen and oxygen atoms in total. The second-order valence-electron chi connectivity index (χ2n) is 4.32. The van der Waals surface area contributed by atoms with Crippen molar-refractivity contribution in [2.45, 2.75) is 26.9 Å². The molecule has 102 valence electrons. The number of carbonyl (C=O) groups excluding carboxylic acids is 1. The van der Waals surface area contributed by atoms with Crippen molar-refractivity contribution in [2.75, 3.05) is 5.32 Å². The Balaban J connectivity index is 2.85. The predicted octanol–water partition coefficient (Wildman–Crippen LogP) is 3.05. The monoisotopic (exact) mass is 263 g/mol. The predicted molar refractivity (Wildman–Crippen MR) is 73.1 cm³/mol. The molecule has 1 amide bonds. The van der Waals surface area contributed by atoms with Crippen molar-refractivity contribution in [2.24, 2.45) is 0 Å². The molecule has 1 aromatic carbocycles.